The van der Waals surface area contributed by atoms with Crippen LogP contribution in [0.25, 0.3) is 6.08 Å². The summed E-state index contributed by atoms with van der Waals surface area (Å²) in [5, 5.41) is 3.10. The molecule has 3 rings (SSSR count). The minimum absolute atomic E-state index is 0.00956. The van der Waals surface area contributed by atoms with Crippen LogP contribution >= 0.6 is 0 Å². The number of amides is 2. The van der Waals surface area contributed by atoms with E-state index < -0.39 is 0 Å². The molecule has 0 atom stereocenters. The van der Waals surface area contributed by atoms with Crippen molar-refractivity contribution in [2.24, 2.45) is 5.92 Å². The van der Waals surface area contributed by atoms with Crippen molar-refractivity contribution in [2.45, 2.75) is 25.9 Å². The van der Waals surface area contributed by atoms with Crippen LogP contribution in [0.5, 0.6) is 0 Å². The molecule has 1 aliphatic heterocycles. The van der Waals surface area contributed by atoms with Gasteiger partial charge in [-0.2, -0.15) is 0 Å². The molecule has 0 bridgehead atoms. The Bertz CT molecular complexity index is 869. The number of carbonyl (C=O) groups excluding carboxylic acids is 2. The number of nitrogens with one attached hydrogen (secondary N) is 1. The van der Waals surface area contributed by atoms with E-state index in [0.717, 1.165) is 17.7 Å². The molecular formula is C25H31N3O2. The lowest BCUT2D eigenvalue weighted by atomic mass is 9.95. The van der Waals surface area contributed by atoms with Crippen LogP contribution in [0.3, 0.4) is 0 Å². The molecular weight excluding hydrogens is 374 g/mol. The summed E-state index contributed by atoms with van der Waals surface area (Å²) in [6.45, 7) is 2.63. The van der Waals surface area contributed by atoms with E-state index in [2.05, 4.69) is 22.3 Å². The molecule has 158 valence electrons. The smallest absolute Gasteiger partial charge is 0.246 e. The van der Waals surface area contributed by atoms with E-state index in [4.69, 9.17) is 0 Å². The van der Waals surface area contributed by atoms with Gasteiger partial charge < -0.3 is 15.1 Å². The van der Waals surface area contributed by atoms with Gasteiger partial charge in [0, 0.05) is 38.2 Å². The first-order valence-corrected chi connectivity index (χ1v) is 10.5. The van der Waals surface area contributed by atoms with E-state index in [0.29, 0.717) is 32.5 Å². The Morgan fingerprint density at radius 2 is 1.63 bits per heavy atom. The molecule has 0 aromatic heterocycles. The van der Waals surface area contributed by atoms with Gasteiger partial charge in [0.1, 0.15) is 0 Å². The summed E-state index contributed by atoms with van der Waals surface area (Å²) in [6.07, 6.45) is 4.87. The zero-order chi connectivity index (χ0) is 21.3. The molecule has 1 aliphatic rings. The summed E-state index contributed by atoms with van der Waals surface area (Å²) in [5.41, 5.74) is 3.39. The average Bonchev–Trinajstić information content (AvgIpc) is 2.77. The second-order valence-electron chi connectivity index (χ2n) is 8.07. The van der Waals surface area contributed by atoms with Crippen LogP contribution in [0.4, 0.5) is 0 Å². The molecule has 5 nitrogen and oxygen atoms in total. The topological polar surface area (TPSA) is 52.7 Å². The van der Waals surface area contributed by atoms with Gasteiger partial charge >= 0.3 is 0 Å². The highest BCUT2D eigenvalue weighted by molar-refractivity contribution is 5.92. The highest BCUT2D eigenvalue weighted by Crippen LogP contribution is 2.19. The monoisotopic (exact) mass is 405 g/mol. The van der Waals surface area contributed by atoms with Crippen LogP contribution in [0.1, 0.15) is 29.5 Å². The summed E-state index contributed by atoms with van der Waals surface area (Å²) >= 11 is 0. The second-order valence-corrected chi connectivity index (χ2v) is 8.07. The summed E-state index contributed by atoms with van der Waals surface area (Å²) in [7, 11) is 4.08. The van der Waals surface area contributed by atoms with Crippen molar-refractivity contribution in [3.8, 4) is 0 Å². The van der Waals surface area contributed by atoms with Crippen LogP contribution < -0.4 is 5.32 Å². The quantitative estimate of drug-likeness (QED) is 0.719. The number of likely N-dealkylation sites (tertiary alicyclic amines) is 1. The summed E-state index contributed by atoms with van der Waals surface area (Å²) < 4.78 is 0. The summed E-state index contributed by atoms with van der Waals surface area (Å²) in [6, 6.07) is 18.0. The van der Waals surface area contributed by atoms with Crippen LogP contribution in [0, 0.1) is 5.92 Å². The zero-order valence-electron chi connectivity index (χ0n) is 17.9. The molecule has 30 heavy (non-hydrogen) atoms. The molecule has 1 fully saturated rings. The number of hydrogen-bond donors (Lipinski definition) is 1. The van der Waals surface area contributed by atoms with Crippen molar-refractivity contribution in [3.63, 3.8) is 0 Å². The third-order valence-electron chi connectivity index (χ3n) is 5.45. The first-order chi connectivity index (χ1) is 14.5. The van der Waals surface area contributed by atoms with Crippen molar-refractivity contribution in [3.05, 3.63) is 77.4 Å². The Kier molecular flexibility index (Phi) is 7.80. The first kappa shape index (κ1) is 21.8. The Morgan fingerprint density at radius 1 is 1.00 bits per heavy atom. The fourth-order valence-electron chi connectivity index (χ4n) is 3.75. The van der Waals surface area contributed by atoms with Gasteiger partial charge in [-0.3, -0.25) is 9.59 Å². The van der Waals surface area contributed by atoms with E-state index in [1.54, 1.807) is 6.08 Å². The SMILES string of the molecule is CN(C)Cc1ccccc1CNC(=O)C1CCN(C(=O)/C=C\c2ccccc2)CC1. The van der Waals surface area contributed by atoms with Gasteiger partial charge in [0.05, 0.1) is 0 Å². The minimum Gasteiger partial charge on any atom is -0.352 e. The third-order valence-corrected chi connectivity index (χ3v) is 5.45. The van der Waals surface area contributed by atoms with Crippen molar-refractivity contribution in [1.82, 2.24) is 15.1 Å². The van der Waals surface area contributed by atoms with E-state index in [9.17, 15) is 9.59 Å². The van der Waals surface area contributed by atoms with Crippen LogP contribution in [0.2, 0.25) is 0 Å². The van der Waals surface area contributed by atoms with Gasteiger partial charge in [-0.05, 0) is 49.7 Å². The number of rotatable bonds is 7. The lowest BCUT2D eigenvalue weighted by Crippen LogP contribution is -2.42. The second kappa shape index (κ2) is 10.7. The lowest BCUT2D eigenvalue weighted by Gasteiger charge is -2.30. The normalized spacial score (nSPS) is 15.0. The van der Waals surface area contributed by atoms with E-state index in [1.165, 1.54) is 5.56 Å². The highest BCUT2D eigenvalue weighted by Gasteiger charge is 2.26. The maximum atomic E-state index is 12.7. The largest absolute Gasteiger partial charge is 0.352 e. The van der Waals surface area contributed by atoms with Crippen molar-refractivity contribution in [2.75, 3.05) is 27.2 Å². The molecule has 2 amide bonds. The van der Waals surface area contributed by atoms with Gasteiger partial charge in [0.2, 0.25) is 11.8 Å². The fraction of sp³-hybridized carbons (Fsp3) is 0.360. The Morgan fingerprint density at radius 3 is 2.30 bits per heavy atom. The van der Waals surface area contributed by atoms with E-state index >= 15 is 0 Å². The van der Waals surface area contributed by atoms with Gasteiger partial charge in [0.15, 0.2) is 0 Å². The average molecular weight is 406 g/mol. The third kappa shape index (κ3) is 6.29. The standard InChI is InChI=1S/C25H31N3O2/c1-27(2)19-23-11-7-6-10-22(23)18-26-25(30)21-14-16-28(17-15-21)24(29)13-12-20-8-4-3-5-9-20/h3-13,21H,14-19H2,1-2H3,(H,26,30)/b13-12-. The molecule has 2 aromatic carbocycles. The molecule has 0 saturated carbocycles. The Hall–Kier alpha value is -2.92. The Labute approximate surface area is 179 Å². The molecule has 2 aromatic rings. The molecule has 5 heteroatoms. The van der Waals surface area contributed by atoms with Crippen LogP contribution in [-0.4, -0.2) is 48.8 Å². The van der Waals surface area contributed by atoms with Crippen LogP contribution in [-0.2, 0) is 22.7 Å². The van der Waals surface area contributed by atoms with Gasteiger partial charge in [-0.1, -0.05) is 54.6 Å². The zero-order valence-corrected chi connectivity index (χ0v) is 17.9. The predicted molar refractivity (Wildman–Crippen MR) is 120 cm³/mol. The number of carbonyl (C=O) groups is 2. The summed E-state index contributed by atoms with van der Waals surface area (Å²) in [5.74, 6) is 0.0603. The van der Waals surface area contributed by atoms with Gasteiger partial charge in [-0.25, -0.2) is 0 Å². The first-order valence-electron chi connectivity index (χ1n) is 10.5. The maximum absolute atomic E-state index is 12.7. The highest BCUT2D eigenvalue weighted by atomic mass is 16.2. The maximum Gasteiger partial charge on any atom is 0.246 e. The van der Waals surface area contributed by atoms with Gasteiger partial charge in [0.25, 0.3) is 0 Å². The molecule has 1 saturated heterocycles. The number of nitrogens with zero attached hydrogens (tertiary/aromatic N) is 2. The molecule has 0 radical (unpaired) electrons. The van der Waals surface area contributed by atoms with E-state index in [-0.39, 0.29) is 17.7 Å². The lowest BCUT2D eigenvalue weighted by molar-refractivity contribution is -0.132. The molecule has 1 heterocycles. The van der Waals surface area contributed by atoms with Crippen molar-refractivity contribution >= 4 is 17.9 Å². The molecule has 0 aliphatic carbocycles. The van der Waals surface area contributed by atoms with Gasteiger partial charge in [-0.15, -0.1) is 0 Å². The minimum atomic E-state index is -0.0341. The number of piperidine rings is 1. The molecule has 0 unspecified atom stereocenters. The summed E-state index contributed by atoms with van der Waals surface area (Å²) in [4.78, 5) is 29.0. The van der Waals surface area contributed by atoms with Crippen LogP contribution in [0.15, 0.2) is 60.7 Å². The number of benzene rings is 2. The fourth-order valence-corrected chi connectivity index (χ4v) is 3.75. The molecule has 0 spiro atoms. The van der Waals surface area contributed by atoms with Crippen molar-refractivity contribution in [1.29, 1.82) is 0 Å². The Balaban J connectivity index is 1.46. The van der Waals surface area contributed by atoms with Crippen molar-refractivity contribution < 1.29 is 9.59 Å². The predicted octanol–water partition coefficient (Wildman–Crippen LogP) is 3.32. The number of hydrogen-bond acceptors (Lipinski definition) is 3. The van der Waals surface area contributed by atoms with E-state index in [1.807, 2.05) is 67.5 Å². The molecule has 1 N–H and O–H groups in total.